The van der Waals surface area contributed by atoms with Crippen molar-refractivity contribution in [2.75, 3.05) is 103 Å². The Morgan fingerprint density at radius 1 is 0.568 bits per heavy atom. The predicted molar refractivity (Wildman–Crippen MR) is 259 cm³/mol. The first-order chi connectivity index (χ1) is 35.0. The van der Waals surface area contributed by atoms with Crippen molar-refractivity contribution in [1.82, 2.24) is 39.2 Å². The second-order valence-corrected chi connectivity index (χ2v) is 19.7. The number of carbonyl (C=O) groups excluding carboxylic acids is 3. The van der Waals surface area contributed by atoms with E-state index in [1.54, 1.807) is 56.9 Å². The first-order valence-electron chi connectivity index (χ1n) is 24.6. The van der Waals surface area contributed by atoms with Crippen LogP contribution < -0.4 is 9.80 Å². The molecule has 8 rings (SSSR count). The zero-order valence-electron chi connectivity index (χ0n) is 42.2. The molecule has 0 unspecified atom stereocenters. The lowest BCUT2D eigenvalue weighted by atomic mass is 10.0. The lowest BCUT2D eigenvalue weighted by molar-refractivity contribution is -0.138. The molecule has 74 heavy (non-hydrogen) atoms. The van der Waals surface area contributed by atoms with E-state index < -0.39 is 47.1 Å². The molecule has 0 radical (unpaired) electrons. The number of carboxylic acids is 1. The summed E-state index contributed by atoms with van der Waals surface area (Å²) in [5.41, 5.74) is 0.682. The highest BCUT2D eigenvalue weighted by Crippen LogP contribution is 2.37. The van der Waals surface area contributed by atoms with Gasteiger partial charge in [0, 0.05) is 130 Å². The van der Waals surface area contributed by atoms with Crippen molar-refractivity contribution in [1.29, 1.82) is 0 Å². The molecule has 0 saturated carbocycles. The van der Waals surface area contributed by atoms with Crippen LogP contribution in [0.4, 0.5) is 47.3 Å². The molecule has 6 heterocycles. The number of carboxylic acid groups (broad SMARTS) is 1. The van der Waals surface area contributed by atoms with Gasteiger partial charge in [0.1, 0.15) is 5.60 Å². The van der Waals surface area contributed by atoms with Crippen LogP contribution in [0.25, 0.3) is 0 Å². The van der Waals surface area contributed by atoms with Crippen molar-refractivity contribution < 1.29 is 64.8 Å². The predicted octanol–water partition coefficient (Wildman–Crippen LogP) is 7.26. The van der Waals surface area contributed by atoms with Crippen molar-refractivity contribution in [2.45, 2.75) is 89.7 Å². The number of piperidine rings is 2. The molecule has 4 saturated heterocycles. The summed E-state index contributed by atoms with van der Waals surface area (Å²) < 4.78 is 99.0. The molecule has 18 nitrogen and oxygen atoms in total. The zero-order chi connectivity index (χ0) is 53.5. The highest BCUT2D eigenvalue weighted by atomic mass is 19.4. The van der Waals surface area contributed by atoms with Gasteiger partial charge in [0.05, 0.1) is 23.3 Å². The van der Waals surface area contributed by atoms with Gasteiger partial charge < -0.3 is 38.9 Å². The third kappa shape index (κ3) is 14.3. The Kier molecular flexibility index (Phi) is 17.7. The van der Waals surface area contributed by atoms with Crippen molar-refractivity contribution >= 4 is 35.4 Å². The molecule has 0 atom stereocenters. The normalized spacial score (nSPS) is 18.0. The van der Waals surface area contributed by atoms with E-state index in [4.69, 9.17) is 19.3 Å². The number of rotatable bonds is 10. The third-order valence-corrected chi connectivity index (χ3v) is 13.5. The summed E-state index contributed by atoms with van der Waals surface area (Å²) in [5, 5.41) is 16.9. The molecule has 4 aliphatic rings. The summed E-state index contributed by atoms with van der Waals surface area (Å²) >= 11 is 0. The van der Waals surface area contributed by atoms with Crippen molar-refractivity contribution in [2.24, 2.45) is 0 Å². The van der Waals surface area contributed by atoms with Gasteiger partial charge in [0.25, 0.3) is 0 Å². The quantitative estimate of drug-likeness (QED) is 0.124. The Hall–Kier alpha value is -6.24. The summed E-state index contributed by atoms with van der Waals surface area (Å²) in [6.07, 6.45) is -2.81. The Morgan fingerprint density at radius 3 is 1.28 bits per heavy atom. The number of benzene rings is 2. The molecule has 2 aromatic carbocycles. The van der Waals surface area contributed by atoms with Gasteiger partial charge in [0.15, 0.2) is 11.4 Å². The fraction of sp³-hybridized carbons (Fsp3) is 0.560. The number of ether oxygens (including phenoxy) is 3. The van der Waals surface area contributed by atoms with Crippen LogP contribution in [0.3, 0.4) is 0 Å². The van der Waals surface area contributed by atoms with E-state index in [0.717, 1.165) is 58.3 Å². The number of aromatic nitrogens is 4. The molecule has 4 fully saturated rings. The van der Waals surface area contributed by atoms with Gasteiger partial charge >= 0.3 is 36.4 Å². The number of alkyl halides is 6. The number of hydrogen-bond donors (Lipinski definition) is 1. The van der Waals surface area contributed by atoms with Gasteiger partial charge in [-0.1, -0.05) is 12.1 Å². The second-order valence-electron chi connectivity index (χ2n) is 19.7. The standard InChI is InChI=1S/C27H36F3N5O4.C23H28F3N5O4/c1-26(2,3)39-24(36)22-9-12-35(31-22)25(37)34-15-13-32(14-16-34)18-19-5-6-20(27(28,29)30)17-23(19)33-10-7-21(38-4)8-11-33;1-35-18-4-7-29(8-5-18)20-14-17(23(24,25)26)3-2-16(20)15-28-10-12-30(13-11-28)22(34)31-9-6-19(27-31)21(32)33/h5-6,9,12,17,21H,7-8,10-11,13-16,18H2,1-4H3;2-3,6,9,14,18H,4-5,7-8,10-13,15H2,1H3,(H,32,33). The monoisotopic (exact) mass is 1050 g/mol. The molecule has 0 bridgehead atoms. The van der Waals surface area contributed by atoms with Crippen molar-refractivity contribution in [3.8, 4) is 0 Å². The number of piperazine rings is 2. The van der Waals surface area contributed by atoms with Crippen LogP contribution in [-0.2, 0) is 39.7 Å². The van der Waals surface area contributed by atoms with Crippen LogP contribution >= 0.6 is 0 Å². The van der Waals surface area contributed by atoms with Crippen LogP contribution in [0.5, 0.6) is 0 Å². The van der Waals surface area contributed by atoms with Crippen LogP contribution in [-0.4, -0.2) is 179 Å². The second kappa shape index (κ2) is 23.5. The topological polar surface area (TPSA) is 171 Å². The van der Waals surface area contributed by atoms with Gasteiger partial charge in [-0.15, -0.1) is 0 Å². The smallest absolute Gasteiger partial charge is 0.416 e. The number of methoxy groups -OCH3 is 2. The average molecular weight is 1050 g/mol. The molecule has 404 valence electrons. The van der Waals surface area contributed by atoms with Gasteiger partial charge in [0.2, 0.25) is 0 Å². The van der Waals surface area contributed by atoms with E-state index in [-0.39, 0.29) is 29.6 Å². The van der Waals surface area contributed by atoms with Crippen LogP contribution in [0.15, 0.2) is 60.9 Å². The fourth-order valence-corrected chi connectivity index (χ4v) is 9.38. The SMILES string of the molecule is COC1CCN(c2cc(C(F)(F)F)ccc2CN2CCN(C(=O)n3ccc(C(=O)O)n3)CC2)CC1.COC1CCN(c2cc(C(F)(F)F)ccc2CN2CCN(C(=O)n3ccc(C(=O)OC(C)(C)C)n3)CC2)CC1. The van der Waals surface area contributed by atoms with Crippen LogP contribution in [0, 0.1) is 0 Å². The Morgan fingerprint density at radius 2 is 0.946 bits per heavy atom. The van der Waals surface area contributed by atoms with Crippen LogP contribution in [0.2, 0.25) is 0 Å². The number of hydrogen-bond acceptors (Lipinski definition) is 13. The number of carbonyl (C=O) groups is 4. The minimum absolute atomic E-state index is 0.0567. The lowest BCUT2D eigenvalue weighted by Crippen LogP contribution is -2.49. The first kappa shape index (κ1) is 55.5. The summed E-state index contributed by atoms with van der Waals surface area (Å²) in [5.74, 6) is -1.81. The van der Waals surface area contributed by atoms with Gasteiger partial charge in [-0.2, -0.15) is 45.9 Å². The molecule has 0 spiro atoms. The molecule has 2 amide bonds. The van der Waals surface area contributed by atoms with Gasteiger partial charge in [-0.3, -0.25) is 9.80 Å². The van der Waals surface area contributed by atoms with E-state index >= 15 is 0 Å². The highest BCUT2D eigenvalue weighted by molar-refractivity contribution is 5.88. The van der Waals surface area contributed by atoms with E-state index in [1.165, 1.54) is 36.7 Å². The Bertz CT molecular complexity index is 2570. The minimum Gasteiger partial charge on any atom is -0.476 e. The Balaban J connectivity index is 0.000000217. The maximum Gasteiger partial charge on any atom is 0.416 e. The third-order valence-electron chi connectivity index (χ3n) is 13.5. The van der Waals surface area contributed by atoms with E-state index in [9.17, 15) is 45.5 Å². The number of nitrogens with zero attached hydrogens (tertiary/aromatic N) is 10. The van der Waals surface area contributed by atoms with Crippen LogP contribution in [0.1, 0.15) is 89.7 Å². The molecule has 4 aliphatic heterocycles. The first-order valence-corrected chi connectivity index (χ1v) is 24.6. The summed E-state index contributed by atoms with van der Waals surface area (Å²) in [7, 11) is 3.31. The highest BCUT2D eigenvalue weighted by Gasteiger charge is 2.35. The Labute approximate surface area is 425 Å². The minimum atomic E-state index is -4.42. The molecule has 2 aromatic heterocycles. The maximum atomic E-state index is 13.5. The summed E-state index contributed by atoms with van der Waals surface area (Å²) in [4.78, 5) is 60.3. The average Bonchev–Trinajstić information content (AvgIpc) is 4.08. The summed E-state index contributed by atoms with van der Waals surface area (Å²) in [6.45, 7) is 12.5. The number of anilines is 2. The molecular formula is C50H64F6N10O8. The number of aromatic carboxylic acids is 1. The fourth-order valence-electron chi connectivity index (χ4n) is 9.38. The lowest BCUT2D eigenvalue weighted by Gasteiger charge is -2.37. The number of esters is 1. The van der Waals surface area contributed by atoms with Gasteiger partial charge in [-0.05, 0) is 94.0 Å². The largest absolute Gasteiger partial charge is 0.476 e. The zero-order valence-corrected chi connectivity index (χ0v) is 42.2. The molecule has 4 aromatic rings. The molecule has 24 heteroatoms. The van der Waals surface area contributed by atoms with Crippen molar-refractivity contribution in [3.63, 3.8) is 0 Å². The van der Waals surface area contributed by atoms with Crippen molar-refractivity contribution in [3.05, 3.63) is 94.6 Å². The number of amides is 2. The molecule has 0 aliphatic carbocycles. The van der Waals surface area contributed by atoms with Gasteiger partial charge in [-0.25, -0.2) is 19.2 Å². The maximum absolute atomic E-state index is 13.5. The molecule has 1 N–H and O–H groups in total. The van der Waals surface area contributed by atoms with E-state index in [2.05, 4.69) is 20.0 Å². The molecular weight excluding hydrogens is 983 g/mol. The van der Waals surface area contributed by atoms with E-state index in [1.807, 2.05) is 9.80 Å². The number of halogens is 6. The van der Waals surface area contributed by atoms with E-state index in [0.29, 0.717) is 103 Å². The summed E-state index contributed by atoms with van der Waals surface area (Å²) in [6, 6.07) is 9.83.